The fourth-order valence-corrected chi connectivity index (χ4v) is 5.66. The monoisotopic (exact) mass is 471 g/mol. The second-order valence-electron chi connectivity index (χ2n) is 8.62. The smallest absolute Gasteiger partial charge is 0.251 e. The molecule has 5 heterocycles. The van der Waals surface area contributed by atoms with Gasteiger partial charge in [0.25, 0.3) is 5.91 Å². The SMILES string of the molecule is O=C(C1CCCO1)N1CCN(c2nc(-c3cccnc3)nc3scc(-c4ccccc4)c23)CC1. The van der Waals surface area contributed by atoms with Crippen molar-refractivity contribution in [3.63, 3.8) is 0 Å². The van der Waals surface area contributed by atoms with Crippen molar-refractivity contribution >= 4 is 33.3 Å². The second kappa shape index (κ2) is 9.12. The highest BCUT2D eigenvalue weighted by Crippen LogP contribution is 2.39. The van der Waals surface area contributed by atoms with Crippen LogP contribution in [0.25, 0.3) is 32.7 Å². The number of rotatable bonds is 4. The molecule has 1 unspecified atom stereocenters. The van der Waals surface area contributed by atoms with Gasteiger partial charge in [-0.05, 0) is 30.5 Å². The van der Waals surface area contributed by atoms with Gasteiger partial charge in [-0.1, -0.05) is 30.3 Å². The Labute approximate surface area is 202 Å². The van der Waals surface area contributed by atoms with Crippen molar-refractivity contribution in [1.82, 2.24) is 19.9 Å². The lowest BCUT2D eigenvalue weighted by atomic mass is 10.1. The summed E-state index contributed by atoms with van der Waals surface area (Å²) in [6, 6.07) is 14.3. The number of hydrogen-bond acceptors (Lipinski definition) is 7. The summed E-state index contributed by atoms with van der Waals surface area (Å²) in [5.74, 6) is 1.73. The molecular weight excluding hydrogens is 446 g/mol. The number of anilines is 1. The molecule has 1 atom stereocenters. The predicted octanol–water partition coefficient (Wildman–Crippen LogP) is 4.25. The number of hydrogen-bond donors (Lipinski definition) is 0. The van der Waals surface area contributed by atoms with Crippen LogP contribution in [-0.2, 0) is 9.53 Å². The first-order chi connectivity index (χ1) is 16.8. The standard InChI is InChI=1S/C26H25N5O2S/c32-26(21-9-5-15-33-21)31-13-11-30(12-14-31)24-22-20(18-6-2-1-3-7-18)17-34-25(22)29-23(28-24)19-8-4-10-27-16-19/h1-4,6-8,10,16-17,21H,5,9,11-15H2. The molecule has 6 rings (SSSR count). The Balaban J connectivity index is 1.37. The molecule has 34 heavy (non-hydrogen) atoms. The first-order valence-electron chi connectivity index (χ1n) is 11.7. The van der Waals surface area contributed by atoms with Crippen molar-refractivity contribution in [3.8, 4) is 22.5 Å². The van der Waals surface area contributed by atoms with Crippen LogP contribution in [0.2, 0.25) is 0 Å². The summed E-state index contributed by atoms with van der Waals surface area (Å²) in [5, 5.41) is 3.24. The predicted molar refractivity (Wildman–Crippen MR) is 134 cm³/mol. The van der Waals surface area contributed by atoms with E-state index >= 15 is 0 Å². The molecule has 2 aliphatic rings. The van der Waals surface area contributed by atoms with E-state index in [1.165, 1.54) is 0 Å². The van der Waals surface area contributed by atoms with E-state index in [1.807, 2.05) is 23.1 Å². The average Bonchev–Trinajstić information content (AvgIpc) is 3.60. The first kappa shape index (κ1) is 21.2. The number of piperazine rings is 1. The van der Waals surface area contributed by atoms with Gasteiger partial charge in [-0.3, -0.25) is 9.78 Å². The van der Waals surface area contributed by atoms with Crippen molar-refractivity contribution in [2.24, 2.45) is 0 Å². The molecule has 0 bridgehead atoms. The number of carbonyl (C=O) groups excluding carboxylic acids is 1. The molecule has 172 valence electrons. The minimum atomic E-state index is -0.268. The van der Waals surface area contributed by atoms with Gasteiger partial charge in [-0.25, -0.2) is 9.97 Å². The van der Waals surface area contributed by atoms with Gasteiger partial charge in [0.1, 0.15) is 16.8 Å². The molecule has 0 saturated carbocycles. The van der Waals surface area contributed by atoms with Crippen molar-refractivity contribution in [3.05, 3.63) is 60.2 Å². The number of nitrogens with zero attached hydrogens (tertiary/aromatic N) is 5. The van der Waals surface area contributed by atoms with E-state index in [1.54, 1.807) is 23.7 Å². The van der Waals surface area contributed by atoms with Crippen LogP contribution in [0.4, 0.5) is 5.82 Å². The van der Waals surface area contributed by atoms with E-state index < -0.39 is 0 Å². The van der Waals surface area contributed by atoms with Crippen LogP contribution in [-0.4, -0.2) is 64.6 Å². The van der Waals surface area contributed by atoms with Gasteiger partial charge in [-0.15, -0.1) is 11.3 Å². The fourth-order valence-electron chi connectivity index (χ4n) is 4.72. The lowest BCUT2D eigenvalue weighted by Gasteiger charge is -2.36. The van der Waals surface area contributed by atoms with Gasteiger partial charge in [0, 0.05) is 61.7 Å². The molecule has 0 radical (unpaired) electrons. The molecule has 3 aromatic heterocycles. The second-order valence-corrected chi connectivity index (χ2v) is 9.48. The minimum absolute atomic E-state index is 0.126. The maximum atomic E-state index is 12.8. The lowest BCUT2D eigenvalue weighted by molar-refractivity contribution is -0.141. The molecule has 4 aromatic rings. The topological polar surface area (TPSA) is 71.5 Å². The lowest BCUT2D eigenvalue weighted by Crippen LogP contribution is -2.51. The van der Waals surface area contributed by atoms with E-state index in [9.17, 15) is 4.79 Å². The molecule has 8 heteroatoms. The molecule has 2 saturated heterocycles. The summed E-state index contributed by atoms with van der Waals surface area (Å²) in [7, 11) is 0. The molecule has 7 nitrogen and oxygen atoms in total. The molecule has 2 aliphatic heterocycles. The highest BCUT2D eigenvalue weighted by Gasteiger charge is 2.31. The third kappa shape index (κ3) is 3.93. The third-order valence-corrected chi connectivity index (χ3v) is 7.39. The van der Waals surface area contributed by atoms with Crippen molar-refractivity contribution in [2.75, 3.05) is 37.7 Å². The largest absolute Gasteiger partial charge is 0.368 e. The van der Waals surface area contributed by atoms with Gasteiger partial charge in [-0.2, -0.15) is 0 Å². The van der Waals surface area contributed by atoms with Crippen LogP contribution in [0.5, 0.6) is 0 Å². The Kier molecular flexibility index (Phi) is 5.68. The van der Waals surface area contributed by atoms with Crippen LogP contribution < -0.4 is 4.90 Å². The Bertz CT molecular complexity index is 1300. The maximum Gasteiger partial charge on any atom is 0.251 e. The first-order valence-corrected chi connectivity index (χ1v) is 12.6. The summed E-state index contributed by atoms with van der Waals surface area (Å²) >= 11 is 1.64. The molecule has 0 N–H and O–H groups in total. The van der Waals surface area contributed by atoms with Gasteiger partial charge >= 0.3 is 0 Å². The van der Waals surface area contributed by atoms with E-state index in [4.69, 9.17) is 14.7 Å². The van der Waals surface area contributed by atoms with Crippen LogP contribution in [0.1, 0.15) is 12.8 Å². The van der Waals surface area contributed by atoms with Crippen molar-refractivity contribution < 1.29 is 9.53 Å². The van der Waals surface area contributed by atoms with E-state index in [0.717, 1.165) is 58.7 Å². The molecule has 1 amide bonds. The minimum Gasteiger partial charge on any atom is -0.368 e. The van der Waals surface area contributed by atoms with Crippen molar-refractivity contribution in [1.29, 1.82) is 0 Å². The van der Waals surface area contributed by atoms with Crippen LogP contribution in [0, 0.1) is 0 Å². The maximum absolute atomic E-state index is 12.8. The zero-order chi connectivity index (χ0) is 22.9. The van der Waals surface area contributed by atoms with Crippen LogP contribution in [0.3, 0.4) is 0 Å². The summed E-state index contributed by atoms with van der Waals surface area (Å²) in [4.78, 5) is 32.3. The Morgan fingerprint density at radius 3 is 2.56 bits per heavy atom. The summed E-state index contributed by atoms with van der Waals surface area (Å²) in [5.41, 5.74) is 3.19. The van der Waals surface area contributed by atoms with Crippen molar-refractivity contribution in [2.45, 2.75) is 18.9 Å². The Morgan fingerprint density at radius 1 is 1.00 bits per heavy atom. The van der Waals surface area contributed by atoms with Gasteiger partial charge in [0.15, 0.2) is 5.82 Å². The Morgan fingerprint density at radius 2 is 1.82 bits per heavy atom. The highest BCUT2D eigenvalue weighted by molar-refractivity contribution is 7.17. The highest BCUT2D eigenvalue weighted by atomic mass is 32.1. The molecular formula is C26H25N5O2S. The molecule has 0 aliphatic carbocycles. The van der Waals surface area contributed by atoms with Gasteiger partial charge in [0.2, 0.25) is 0 Å². The summed E-state index contributed by atoms with van der Waals surface area (Å²) in [6.07, 6.45) is 5.08. The third-order valence-electron chi connectivity index (χ3n) is 6.51. The van der Waals surface area contributed by atoms with Gasteiger partial charge < -0.3 is 14.5 Å². The average molecular weight is 472 g/mol. The number of pyridine rings is 1. The Hall–Kier alpha value is -3.36. The van der Waals surface area contributed by atoms with E-state index in [0.29, 0.717) is 25.5 Å². The molecule has 0 spiro atoms. The number of benzene rings is 1. The zero-order valence-electron chi connectivity index (χ0n) is 18.8. The molecule has 1 aromatic carbocycles. The quantitative estimate of drug-likeness (QED) is 0.443. The van der Waals surface area contributed by atoms with Crippen LogP contribution >= 0.6 is 11.3 Å². The van der Waals surface area contributed by atoms with Crippen LogP contribution in [0.15, 0.2) is 60.2 Å². The number of aromatic nitrogens is 3. The fraction of sp³-hybridized carbons (Fsp3) is 0.308. The number of carbonyl (C=O) groups is 1. The van der Waals surface area contributed by atoms with E-state index in [-0.39, 0.29) is 12.0 Å². The zero-order valence-corrected chi connectivity index (χ0v) is 19.6. The number of thiophene rings is 1. The normalized spacial score (nSPS) is 18.5. The molecule has 2 fully saturated rings. The summed E-state index contributed by atoms with van der Waals surface area (Å²) < 4.78 is 5.63. The number of amides is 1. The van der Waals surface area contributed by atoms with E-state index in [2.05, 4.69) is 39.5 Å². The number of fused-ring (bicyclic) bond motifs is 1. The van der Waals surface area contributed by atoms with Gasteiger partial charge in [0.05, 0.1) is 5.39 Å². The summed E-state index contributed by atoms with van der Waals surface area (Å²) in [6.45, 7) is 3.46. The number of ether oxygens (including phenoxy) is 1.